The van der Waals surface area contributed by atoms with E-state index in [2.05, 4.69) is 75.4 Å². The second-order valence-electron chi connectivity index (χ2n) is 7.72. The van der Waals surface area contributed by atoms with Gasteiger partial charge >= 0.3 is 0 Å². The van der Waals surface area contributed by atoms with Gasteiger partial charge < -0.3 is 14.9 Å². The minimum atomic E-state index is 0.266. The van der Waals surface area contributed by atoms with Crippen molar-refractivity contribution in [3.05, 3.63) is 59.7 Å². The maximum Gasteiger partial charge on any atom is 0.0558 e. The molecule has 0 atom stereocenters. The molecule has 4 rings (SSSR count). The summed E-state index contributed by atoms with van der Waals surface area (Å²) in [5.74, 6) is 0. The Kier molecular flexibility index (Phi) is 6.42. The standard InChI is InChI=1S/C24H31N3O/c28-20-19-26-14-5-13-25(17-18-26)15-6-16-27-23-9-3-1-7-21(23)11-12-22-8-2-4-10-24(22)27/h1-4,7-12,28H,5-6,13-20H2. The highest BCUT2D eigenvalue weighted by atomic mass is 16.3. The first-order valence-corrected chi connectivity index (χ1v) is 10.5. The summed E-state index contributed by atoms with van der Waals surface area (Å²) in [5, 5.41) is 9.18. The van der Waals surface area contributed by atoms with E-state index in [0.29, 0.717) is 0 Å². The van der Waals surface area contributed by atoms with Gasteiger partial charge in [0.1, 0.15) is 0 Å². The smallest absolute Gasteiger partial charge is 0.0558 e. The van der Waals surface area contributed by atoms with Crippen molar-refractivity contribution >= 4 is 23.5 Å². The van der Waals surface area contributed by atoms with Gasteiger partial charge in [0.05, 0.1) is 6.61 Å². The van der Waals surface area contributed by atoms with Gasteiger partial charge in [0.15, 0.2) is 0 Å². The van der Waals surface area contributed by atoms with Gasteiger partial charge in [0.2, 0.25) is 0 Å². The molecule has 4 heteroatoms. The molecule has 0 aromatic heterocycles. The van der Waals surface area contributed by atoms with Crippen molar-refractivity contribution in [1.29, 1.82) is 0 Å². The number of anilines is 2. The Morgan fingerprint density at radius 1 is 0.679 bits per heavy atom. The molecule has 0 unspecified atom stereocenters. The topological polar surface area (TPSA) is 30.0 Å². The fraction of sp³-hybridized carbons (Fsp3) is 0.417. The summed E-state index contributed by atoms with van der Waals surface area (Å²) in [6.45, 7) is 7.67. The Hall–Kier alpha value is -2.14. The Balaban J connectivity index is 1.43. The van der Waals surface area contributed by atoms with Crippen molar-refractivity contribution in [3.63, 3.8) is 0 Å². The molecule has 0 saturated carbocycles. The molecule has 0 spiro atoms. The molecular weight excluding hydrogens is 346 g/mol. The van der Waals surface area contributed by atoms with Crippen LogP contribution in [-0.2, 0) is 0 Å². The number of fused-ring (bicyclic) bond motifs is 2. The summed E-state index contributed by atoms with van der Waals surface area (Å²) in [7, 11) is 0. The van der Waals surface area contributed by atoms with Crippen LogP contribution in [0.5, 0.6) is 0 Å². The maximum absolute atomic E-state index is 9.18. The molecule has 0 amide bonds. The van der Waals surface area contributed by atoms with Crippen molar-refractivity contribution in [1.82, 2.24) is 9.80 Å². The average Bonchev–Trinajstić information content (AvgIpc) is 3.04. The summed E-state index contributed by atoms with van der Waals surface area (Å²) in [6.07, 6.45) is 6.80. The zero-order valence-electron chi connectivity index (χ0n) is 16.6. The monoisotopic (exact) mass is 377 g/mol. The van der Waals surface area contributed by atoms with Crippen LogP contribution >= 0.6 is 0 Å². The molecule has 1 N–H and O–H groups in total. The van der Waals surface area contributed by atoms with E-state index in [1.54, 1.807) is 0 Å². The SMILES string of the molecule is OCCN1CCCN(CCCN2c3ccccc3C=Cc3ccccc32)CC1. The number of β-amino-alcohol motifs (C(OH)–C–C–N with tert-alkyl or cyclic N) is 1. The summed E-state index contributed by atoms with van der Waals surface area (Å²) >= 11 is 0. The first-order chi connectivity index (χ1) is 13.8. The van der Waals surface area contributed by atoms with E-state index in [9.17, 15) is 5.11 Å². The lowest BCUT2D eigenvalue weighted by Crippen LogP contribution is -2.33. The van der Waals surface area contributed by atoms with E-state index in [4.69, 9.17) is 0 Å². The molecule has 0 aliphatic carbocycles. The van der Waals surface area contributed by atoms with Crippen molar-refractivity contribution in [2.75, 3.05) is 57.3 Å². The number of aliphatic hydroxyl groups excluding tert-OH is 1. The number of hydrogen-bond acceptors (Lipinski definition) is 4. The Morgan fingerprint density at radius 3 is 1.86 bits per heavy atom. The minimum Gasteiger partial charge on any atom is -0.395 e. The van der Waals surface area contributed by atoms with Gasteiger partial charge in [-0.05, 0) is 55.7 Å². The van der Waals surface area contributed by atoms with Crippen LogP contribution in [-0.4, -0.2) is 67.3 Å². The van der Waals surface area contributed by atoms with Gasteiger partial charge in [0.25, 0.3) is 0 Å². The minimum absolute atomic E-state index is 0.266. The highest BCUT2D eigenvalue weighted by molar-refractivity contribution is 5.88. The van der Waals surface area contributed by atoms with Gasteiger partial charge in [-0.2, -0.15) is 0 Å². The molecule has 148 valence electrons. The molecule has 28 heavy (non-hydrogen) atoms. The number of nitrogens with zero attached hydrogens (tertiary/aromatic N) is 3. The predicted molar refractivity (Wildman–Crippen MR) is 118 cm³/mol. The number of aliphatic hydroxyl groups is 1. The van der Waals surface area contributed by atoms with Crippen LogP contribution in [0.25, 0.3) is 12.2 Å². The average molecular weight is 378 g/mol. The number of rotatable bonds is 6. The van der Waals surface area contributed by atoms with Crippen LogP contribution in [0.4, 0.5) is 11.4 Å². The predicted octanol–water partition coefficient (Wildman–Crippen LogP) is 3.70. The third-order valence-corrected chi connectivity index (χ3v) is 5.85. The first-order valence-electron chi connectivity index (χ1n) is 10.5. The van der Waals surface area contributed by atoms with Crippen molar-refractivity contribution < 1.29 is 5.11 Å². The summed E-state index contributed by atoms with van der Waals surface area (Å²) in [5.41, 5.74) is 5.17. The fourth-order valence-electron chi connectivity index (χ4n) is 4.36. The Morgan fingerprint density at radius 2 is 1.25 bits per heavy atom. The molecule has 0 radical (unpaired) electrons. The highest BCUT2D eigenvalue weighted by Gasteiger charge is 2.18. The van der Waals surface area contributed by atoms with Gasteiger partial charge in [-0.15, -0.1) is 0 Å². The molecule has 4 nitrogen and oxygen atoms in total. The molecule has 2 aromatic carbocycles. The lowest BCUT2D eigenvalue weighted by Gasteiger charge is -2.28. The zero-order chi connectivity index (χ0) is 19.2. The van der Waals surface area contributed by atoms with Crippen LogP contribution < -0.4 is 4.90 Å². The molecule has 1 fully saturated rings. The Bertz CT molecular complexity index is 754. The third-order valence-electron chi connectivity index (χ3n) is 5.85. The number of hydrogen-bond donors (Lipinski definition) is 1. The fourth-order valence-corrected chi connectivity index (χ4v) is 4.36. The van der Waals surface area contributed by atoms with E-state index >= 15 is 0 Å². The molecular formula is C24H31N3O. The molecule has 2 aliphatic heterocycles. The lowest BCUT2D eigenvalue weighted by atomic mass is 10.1. The second kappa shape index (κ2) is 9.37. The number of benzene rings is 2. The normalized spacial score (nSPS) is 17.7. The largest absolute Gasteiger partial charge is 0.395 e. The van der Waals surface area contributed by atoms with Crippen molar-refractivity contribution in [3.8, 4) is 0 Å². The molecule has 2 heterocycles. The zero-order valence-corrected chi connectivity index (χ0v) is 16.6. The van der Waals surface area contributed by atoms with E-state index in [1.165, 1.54) is 28.9 Å². The third kappa shape index (κ3) is 4.46. The summed E-state index contributed by atoms with van der Waals surface area (Å²) in [6, 6.07) is 17.4. The van der Waals surface area contributed by atoms with Crippen LogP contribution in [0.15, 0.2) is 48.5 Å². The van der Waals surface area contributed by atoms with Gasteiger partial charge in [-0.3, -0.25) is 4.90 Å². The quantitative estimate of drug-likeness (QED) is 0.831. The van der Waals surface area contributed by atoms with Crippen molar-refractivity contribution in [2.24, 2.45) is 0 Å². The van der Waals surface area contributed by atoms with Crippen LogP contribution in [0.3, 0.4) is 0 Å². The lowest BCUT2D eigenvalue weighted by molar-refractivity contribution is 0.196. The maximum atomic E-state index is 9.18. The Labute approximate surface area is 168 Å². The molecule has 2 aliphatic rings. The van der Waals surface area contributed by atoms with Gasteiger partial charge in [-0.1, -0.05) is 48.6 Å². The second-order valence-corrected chi connectivity index (χ2v) is 7.72. The molecule has 2 aromatic rings. The van der Waals surface area contributed by atoms with E-state index in [-0.39, 0.29) is 6.61 Å². The number of para-hydroxylation sites is 2. The molecule has 0 bridgehead atoms. The first kappa shape index (κ1) is 19.2. The van der Waals surface area contributed by atoms with Crippen molar-refractivity contribution in [2.45, 2.75) is 12.8 Å². The van der Waals surface area contributed by atoms with E-state index < -0.39 is 0 Å². The van der Waals surface area contributed by atoms with Crippen LogP contribution in [0, 0.1) is 0 Å². The van der Waals surface area contributed by atoms with E-state index in [1.807, 2.05) is 0 Å². The van der Waals surface area contributed by atoms with Crippen LogP contribution in [0.2, 0.25) is 0 Å². The van der Waals surface area contributed by atoms with Gasteiger partial charge in [-0.25, -0.2) is 0 Å². The summed E-state index contributed by atoms with van der Waals surface area (Å²) < 4.78 is 0. The van der Waals surface area contributed by atoms with E-state index in [0.717, 1.165) is 52.2 Å². The van der Waals surface area contributed by atoms with Crippen LogP contribution in [0.1, 0.15) is 24.0 Å². The van der Waals surface area contributed by atoms with Gasteiger partial charge in [0, 0.05) is 37.6 Å². The molecule has 1 saturated heterocycles. The summed E-state index contributed by atoms with van der Waals surface area (Å²) in [4.78, 5) is 7.46. The highest BCUT2D eigenvalue weighted by Crippen LogP contribution is 2.36.